The molecule has 0 aliphatic carbocycles. The number of para-hydroxylation sites is 1. The van der Waals surface area contributed by atoms with Crippen molar-refractivity contribution in [1.82, 2.24) is 0 Å². The average Bonchev–Trinajstić information content (AvgIpc) is 2.70. The summed E-state index contributed by atoms with van der Waals surface area (Å²) >= 11 is 0. The number of hydrogen-bond acceptors (Lipinski definition) is 4. The van der Waals surface area contributed by atoms with E-state index in [1.54, 1.807) is 18.7 Å². The zero-order chi connectivity index (χ0) is 20.8. The van der Waals surface area contributed by atoms with E-state index in [0.29, 0.717) is 12.2 Å². The van der Waals surface area contributed by atoms with Crippen LogP contribution in [0.1, 0.15) is 36.2 Å². The summed E-state index contributed by atoms with van der Waals surface area (Å²) in [5.74, 6) is -1.33. The second-order valence-corrected chi connectivity index (χ2v) is 7.77. The Labute approximate surface area is 168 Å². The fourth-order valence-corrected chi connectivity index (χ4v) is 3.88. The van der Waals surface area contributed by atoms with Crippen LogP contribution in [0.5, 0.6) is 5.75 Å². The first-order chi connectivity index (χ1) is 13.8. The van der Waals surface area contributed by atoms with E-state index in [1.165, 1.54) is 23.1 Å². The van der Waals surface area contributed by atoms with E-state index in [-0.39, 0.29) is 29.7 Å². The van der Waals surface area contributed by atoms with Gasteiger partial charge in [-0.15, -0.1) is 0 Å². The molecule has 0 unspecified atom stereocenters. The van der Waals surface area contributed by atoms with Gasteiger partial charge in [0.2, 0.25) is 5.91 Å². The van der Waals surface area contributed by atoms with Crippen molar-refractivity contribution >= 4 is 29.2 Å². The summed E-state index contributed by atoms with van der Waals surface area (Å²) in [5.41, 5.74) is 1.25. The van der Waals surface area contributed by atoms with Crippen LogP contribution < -0.4 is 14.5 Å². The summed E-state index contributed by atoms with van der Waals surface area (Å²) in [5, 5.41) is 9.25. The molecule has 0 bridgehead atoms. The number of aryl methyl sites for hydroxylation is 1. The number of ether oxygens (including phenoxy) is 1. The topological polar surface area (TPSA) is 87.2 Å². The molecule has 0 radical (unpaired) electrons. The molecular formula is C22H22N2O5. The molecular weight excluding hydrogens is 372 g/mol. The third kappa shape index (κ3) is 3.33. The molecule has 7 heteroatoms. The van der Waals surface area contributed by atoms with Crippen molar-refractivity contribution in [2.24, 2.45) is 0 Å². The fourth-order valence-electron chi connectivity index (χ4n) is 3.88. The van der Waals surface area contributed by atoms with Gasteiger partial charge < -0.3 is 14.7 Å². The lowest BCUT2D eigenvalue weighted by Gasteiger charge is -2.39. The van der Waals surface area contributed by atoms with Gasteiger partial charge in [-0.2, -0.15) is 0 Å². The van der Waals surface area contributed by atoms with Gasteiger partial charge in [0.25, 0.3) is 5.91 Å². The molecule has 2 heterocycles. The zero-order valence-electron chi connectivity index (χ0n) is 16.3. The number of aromatic carboxylic acids is 1. The quantitative estimate of drug-likeness (QED) is 0.865. The zero-order valence-corrected chi connectivity index (χ0v) is 16.3. The molecule has 0 aromatic heterocycles. The molecule has 150 valence electrons. The number of amides is 2. The summed E-state index contributed by atoms with van der Waals surface area (Å²) in [6.45, 7) is 3.68. The molecule has 0 spiro atoms. The molecule has 0 saturated heterocycles. The lowest BCUT2D eigenvalue weighted by atomic mass is 10.0. The van der Waals surface area contributed by atoms with E-state index < -0.39 is 11.6 Å². The maximum Gasteiger partial charge on any atom is 0.335 e. The molecule has 2 aliphatic rings. The lowest BCUT2D eigenvalue weighted by Crippen LogP contribution is -2.55. The van der Waals surface area contributed by atoms with Gasteiger partial charge in [-0.1, -0.05) is 18.2 Å². The molecule has 1 N–H and O–H groups in total. The standard InChI is InChI=1S/C22H22N2O5/c1-22(2)21(28)24(17-10-9-15(20(26)27)12-18(17)29-22)13-19(25)23-11-5-7-14-6-3-4-8-16(14)23/h3-4,6,8-10,12H,5,7,11,13H2,1-2H3,(H,26,27). The monoisotopic (exact) mass is 394 g/mol. The smallest absolute Gasteiger partial charge is 0.335 e. The number of hydrogen-bond donors (Lipinski definition) is 1. The van der Waals surface area contributed by atoms with E-state index in [9.17, 15) is 19.5 Å². The number of carbonyl (C=O) groups is 3. The number of rotatable bonds is 3. The van der Waals surface area contributed by atoms with Crippen LogP contribution in [0.25, 0.3) is 0 Å². The van der Waals surface area contributed by atoms with Crippen LogP contribution in [0.15, 0.2) is 42.5 Å². The summed E-state index contributed by atoms with van der Waals surface area (Å²) in [6, 6.07) is 12.1. The number of carboxylic acids is 1. The number of carboxylic acid groups (broad SMARTS) is 1. The number of fused-ring (bicyclic) bond motifs is 2. The summed E-state index contributed by atoms with van der Waals surface area (Å²) in [6.07, 6.45) is 1.79. The molecule has 29 heavy (non-hydrogen) atoms. The second-order valence-electron chi connectivity index (χ2n) is 7.77. The first-order valence-corrected chi connectivity index (χ1v) is 9.54. The van der Waals surface area contributed by atoms with Crippen molar-refractivity contribution in [3.05, 3.63) is 53.6 Å². The highest BCUT2D eigenvalue weighted by molar-refractivity contribution is 6.09. The van der Waals surface area contributed by atoms with Gasteiger partial charge in [0, 0.05) is 12.2 Å². The highest BCUT2D eigenvalue weighted by Gasteiger charge is 2.42. The average molecular weight is 394 g/mol. The Morgan fingerprint density at radius 1 is 1.14 bits per heavy atom. The van der Waals surface area contributed by atoms with Crippen LogP contribution in [-0.4, -0.2) is 41.6 Å². The van der Waals surface area contributed by atoms with E-state index in [1.807, 2.05) is 24.3 Å². The Balaban J connectivity index is 1.67. The van der Waals surface area contributed by atoms with Gasteiger partial charge in [-0.3, -0.25) is 14.5 Å². The van der Waals surface area contributed by atoms with Crippen LogP contribution in [0.2, 0.25) is 0 Å². The first-order valence-electron chi connectivity index (χ1n) is 9.54. The van der Waals surface area contributed by atoms with E-state index in [0.717, 1.165) is 24.1 Å². The highest BCUT2D eigenvalue weighted by Crippen LogP contribution is 2.38. The van der Waals surface area contributed by atoms with E-state index >= 15 is 0 Å². The molecule has 2 amide bonds. The molecule has 2 aromatic rings. The predicted molar refractivity (Wildman–Crippen MR) is 108 cm³/mol. The number of nitrogens with zero attached hydrogens (tertiary/aromatic N) is 2. The second kappa shape index (κ2) is 6.92. The SMILES string of the molecule is CC1(C)Oc2cc(C(=O)O)ccc2N(CC(=O)N2CCCc3ccccc32)C1=O. The minimum absolute atomic E-state index is 0.0603. The minimum atomic E-state index is -1.20. The number of carbonyl (C=O) groups excluding carboxylic acids is 2. The predicted octanol–water partition coefficient (Wildman–Crippen LogP) is 2.87. The van der Waals surface area contributed by atoms with Gasteiger partial charge in [0.1, 0.15) is 12.3 Å². The Morgan fingerprint density at radius 3 is 2.66 bits per heavy atom. The fraction of sp³-hybridized carbons (Fsp3) is 0.318. The highest BCUT2D eigenvalue weighted by atomic mass is 16.5. The van der Waals surface area contributed by atoms with Crippen molar-refractivity contribution in [3.63, 3.8) is 0 Å². The van der Waals surface area contributed by atoms with Crippen LogP contribution >= 0.6 is 0 Å². The van der Waals surface area contributed by atoms with Crippen molar-refractivity contribution in [3.8, 4) is 5.75 Å². The third-order valence-corrected chi connectivity index (χ3v) is 5.33. The Bertz CT molecular complexity index is 1010. The minimum Gasteiger partial charge on any atom is -0.478 e. The van der Waals surface area contributed by atoms with Crippen LogP contribution in [0.4, 0.5) is 11.4 Å². The van der Waals surface area contributed by atoms with Gasteiger partial charge in [-0.25, -0.2) is 4.79 Å². The van der Waals surface area contributed by atoms with Gasteiger partial charge >= 0.3 is 5.97 Å². The normalized spacial score (nSPS) is 17.2. The van der Waals surface area contributed by atoms with Gasteiger partial charge in [-0.05, 0) is 56.5 Å². The lowest BCUT2D eigenvalue weighted by molar-refractivity contribution is -0.134. The molecule has 0 fully saturated rings. The number of benzene rings is 2. The largest absolute Gasteiger partial charge is 0.478 e. The molecule has 2 aliphatic heterocycles. The Kier molecular flexibility index (Phi) is 4.53. The van der Waals surface area contributed by atoms with Crippen molar-refractivity contribution in [2.75, 3.05) is 22.9 Å². The van der Waals surface area contributed by atoms with E-state index in [2.05, 4.69) is 0 Å². The maximum absolute atomic E-state index is 13.2. The molecule has 0 atom stereocenters. The molecule has 0 saturated carbocycles. The van der Waals surface area contributed by atoms with Gasteiger partial charge in [0.15, 0.2) is 5.60 Å². The molecule has 7 nitrogen and oxygen atoms in total. The number of anilines is 2. The van der Waals surface area contributed by atoms with Crippen molar-refractivity contribution in [2.45, 2.75) is 32.3 Å². The summed E-state index contributed by atoms with van der Waals surface area (Å²) in [7, 11) is 0. The van der Waals surface area contributed by atoms with Gasteiger partial charge in [0.05, 0.1) is 11.3 Å². The Morgan fingerprint density at radius 2 is 1.90 bits per heavy atom. The van der Waals surface area contributed by atoms with Crippen LogP contribution in [0, 0.1) is 0 Å². The van der Waals surface area contributed by atoms with Crippen LogP contribution in [0.3, 0.4) is 0 Å². The summed E-state index contributed by atoms with van der Waals surface area (Å²) < 4.78 is 5.76. The van der Waals surface area contributed by atoms with Crippen LogP contribution in [-0.2, 0) is 16.0 Å². The third-order valence-electron chi connectivity index (χ3n) is 5.33. The Hall–Kier alpha value is -3.35. The molecule has 4 rings (SSSR count). The summed E-state index contributed by atoms with van der Waals surface area (Å²) in [4.78, 5) is 40.6. The maximum atomic E-state index is 13.2. The van der Waals surface area contributed by atoms with E-state index in [4.69, 9.17) is 4.74 Å². The van der Waals surface area contributed by atoms with Crippen molar-refractivity contribution < 1.29 is 24.2 Å². The first kappa shape index (κ1) is 19.0. The molecule has 2 aromatic carbocycles. The van der Waals surface area contributed by atoms with Crippen molar-refractivity contribution in [1.29, 1.82) is 0 Å².